The van der Waals surface area contributed by atoms with E-state index in [1.54, 1.807) is 48.5 Å². The number of hydrogen-bond donors (Lipinski definition) is 2. The summed E-state index contributed by atoms with van der Waals surface area (Å²) in [6, 6.07) is 18.6. The number of sulfonamides is 1. The average Bonchev–Trinajstić information content (AvgIpc) is 3.07. The van der Waals surface area contributed by atoms with Crippen LogP contribution in [0.4, 0.5) is 5.69 Å². The van der Waals surface area contributed by atoms with E-state index in [0.717, 1.165) is 5.56 Å². The summed E-state index contributed by atoms with van der Waals surface area (Å²) in [5, 5.41) is 0.961. The van der Waals surface area contributed by atoms with E-state index in [9.17, 15) is 8.42 Å². The molecule has 0 amide bonds. The molecule has 4 aromatic rings. The molecule has 0 radical (unpaired) electrons. The number of nitrogens with zero attached hydrogens (tertiary/aromatic N) is 1. The largest absolute Gasteiger partial charge is 0.338 e. The van der Waals surface area contributed by atoms with E-state index >= 15 is 0 Å². The zero-order valence-corrected chi connectivity index (χ0v) is 16.1. The van der Waals surface area contributed by atoms with Crippen molar-refractivity contribution in [1.82, 2.24) is 9.97 Å². The minimum Gasteiger partial charge on any atom is -0.338 e. The van der Waals surface area contributed by atoms with E-state index in [4.69, 9.17) is 23.2 Å². The number of rotatable bonds is 4. The van der Waals surface area contributed by atoms with Crippen LogP contribution in [0.15, 0.2) is 71.6 Å². The fourth-order valence-electron chi connectivity index (χ4n) is 2.65. The van der Waals surface area contributed by atoms with Crippen LogP contribution in [0.3, 0.4) is 0 Å². The Balaban J connectivity index is 1.70. The van der Waals surface area contributed by atoms with Crippen molar-refractivity contribution in [3.8, 4) is 11.4 Å². The van der Waals surface area contributed by atoms with Crippen molar-refractivity contribution < 1.29 is 8.42 Å². The summed E-state index contributed by atoms with van der Waals surface area (Å²) >= 11 is 12.0. The van der Waals surface area contributed by atoms with Gasteiger partial charge in [0.1, 0.15) is 5.82 Å². The molecule has 0 unspecified atom stereocenters. The Morgan fingerprint density at radius 2 is 1.67 bits per heavy atom. The highest BCUT2D eigenvalue weighted by Crippen LogP contribution is 2.27. The summed E-state index contributed by atoms with van der Waals surface area (Å²) in [4.78, 5) is 7.76. The lowest BCUT2D eigenvalue weighted by molar-refractivity contribution is 0.601. The Hall–Kier alpha value is -2.54. The molecular weight excluding hydrogens is 405 g/mol. The van der Waals surface area contributed by atoms with Crippen molar-refractivity contribution in [1.29, 1.82) is 0 Å². The van der Waals surface area contributed by atoms with Gasteiger partial charge in [-0.05, 0) is 54.6 Å². The van der Waals surface area contributed by atoms with Gasteiger partial charge in [0, 0.05) is 10.6 Å². The zero-order chi connectivity index (χ0) is 19.0. The molecule has 1 heterocycles. The second-order valence-corrected chi connectivity index (χ2v) is 8.38. The fourth-order valence-corrected chi connectivity index (χ4v) is 4.12. The highest BCUT2D eigenvalue weighted by atomic mass is 35.5. The highest BCUT2D eigenvalue weighted by Gasteiger charge is 2.17. The van der Waals surface area contributed by atoms with Gasteiger partial charge in [-0.2, -0.15) is 0 Å². The van der Waals surface area contributed by atoms with Crippen LogP contribution >= 0.6 is 23.2 Å². The molecule has 1 aromatic heterocycles. The highest BCUT2D eigenvalue weighted by molar-refractivity contribution is 7.92. The van der Waals surface area contributed by atoms with Crippen LogP contribution in [0.5, 0.6) is 0 Å². The molecule has 0 fully saturated rings. The molecule has 2 N–H and O–H groups in total. The molecule has 0 saturated carbocycles. The first kappa shape index (κ1) is 17.9. The Labute approximate surface area is 166 Å². The average molecular weight is 418 g/mol. The predicted molar refractivity (Wildman–Crippen MR) is 109 cm³/mol. The molecule has 0 aliphatic heterocycles. The molecule has 3 aromatic carbocycles. The molecule has 0 aliphatic carbocycles. The number of nitrogens with one attached hydrogen (secondary N) is 2. The van der Waals surface area contributed by atoms with E-state index in [1.807, 2.05) is 12.1 Å². The van der Waals surface area contributed by atoms with Crippen LogP contribution in [0, 0.1) is 0 Å². The lowest BCUT2D eigenvalue weighted by Crippen LogP contribution is -2.13. The van der Waals surface area contributed by atoms with Gasteiger partial charge in [-0.1, -0.05) is 35.3 Å². The SMILES string of the molecule is O=S(=O)(Nc1ccccc1Cl)c1ccc2nc(-c3ccc(Cl)cc3)[nH]c2c1. The number of hydrogen-bond acceptors (Lipinski definition) is 3. The standard InChI is InChI=1S/C19H13Cl2N3O2S/c20-13-7-5-12(6-8-13)19-22-17-10-9-14(11-18(17)23-19)27(25,26)24-16-4-2-1-3-15(16)21/h1-11,24H,(H,22,23). The lowest BCUT2D eigenvalue weighted by atomic mass is 10.2. The molecule has 0 bridgehead atoms. The maximum atomic E-state index is 12.7. The van der Waals surface area contributed by atoms with Crippen molar-refractivity contribution in [2.24, 2.45) is 0 Å². The number of aromatic nitrogens is 2. The second-order valence-electron chi connectivity index (χ2n) is 5.86. The van der Waals surface area contributed by atoms with Gasteiger partial charge in [-0.3, -0.25) is 4.72 Å². The molecule has 0 saturated heterocycles. The topological polar surface area (TPSA) is 74.8 Å². The number of halogens is 2. The van der Waals surface area contributed by atoms with Gasteiger partial charge in [0.05, 0.1) is 26.6 Å². The van der Waals surface area contributed by atoms with E-state index < -0.39 is 10.0 Å². The Bertz CT molecular complexity index is 1240. The molecule has 5 nitrogen and oxygen atoms in total. The number of imidazole rings is 1. The van der Waals surface area contributed by atoms with Gasteiger partial charge in [-0.25, -0.2) is 13.4 Å². The fraction of sp³-hybridized carbons (Fsp3) is 0. The summed E-state index contributed by atoms with van der Waals surface area (Å²) in [7, 11) is -3.79. The first-order valence-corrected chi connectivity index (χ1v) is 10.2. The van der Waals surface area contributed by atoms with Gasteiger partial charge in [0.25, 0.3) is 10.0 Å². The quantitative estimate of drug-likeness (QED) is 0.470. The molecule has 27 heavy (non-hydrogen) atoms. The van der Waals surface area contributed by atoms with Crippen molar-refractivity contribution in [3.05, 3.63) is 76.8 Å². The summed E-state index contributed by atoms with van der Waals surface area (Å²) in [6.45, 7) is 0. The van der Waals surface area contributed by atoms with E-state index in [2.05, 4.69) is 14.7 Å². The van der Waals surface area contributed by atoms with E-state index in [-0.39, 0.29) is 4.90 Å². The van der Waals surface area contributed by atoms with Crippen LogP contribution in [-0.4, -0.2) is 18.4 Å². The molecule has 0 spiro atoms. The minimum absolute atomic E-state index is 0.112. The number of para-hydroxylation sites is 1. The van der Waals surface area contributed by atoms with Crippen molar-refractivity contribution in [2.45, 2.75) is 4.90 Å². The zero-order valence-electron chi connectivity index (χ0n) is 13.8. The van der Waals surface area contributed by atoms with Crippen LogP contribution < -0.4 is 4.72 Å². The molecule has 136 valence electrons. The number of anilines is 1. The van der Waals surface area contributed by atoms with Gasteiger partial charge in [0.2, 0.25) is 0 Å². The Kier molecular flexibility index (Phi) is 4.55. The Morgan fingerprint density at radius 3 is 2.41 bits per heavy atom. The monoisotopic (exact) mass is 417 g/mol. The number of aromatic amines is 1. The van der Waals surface area contributed by atoms with Gasteiger partial charge < -0.3 is 4.98 Å². The van der Waals surface area contributed by atoms with Crippen LogP contribution in [-0.2, 0) is 10.0 Å². The molecule has 0 aliphatic rings. The predicted octanol–water partition coefficient (Wildman–Crippen LogP) is 5.34. The number of benzene rings is 3. The lowest BCUT2D eigenvalue weighted by Gasteiger charge is -2.09. The summed E-state index contributed by atoms with van der Waals surface area (Å²) in [5.74, 6) is 0.635. The first-order valence-electron chi connectivity index (χ1n) is 7.95. The van der Waals surface area contributed by atoms with E-state index in [1.165, 1.54) is 6.07 Å². The Morgan fingerprint density at radius 1 is 0.926 bits per heavy atom. The number of fused-ring (bicyclic) bond motifs is 1. The summed E-state index contributed by atoms with van der Waals surface area (Å²) in [6.07, 6.45) is 0. The molecule has 0 atom stereocenters. The third-order valence-electron chi connectivity index (χ3n) is 4.00. The third kappa shape index (κ3) is 3.64. The smallest absolute Gasteiger partial charge is 0.262 e. The van der Waals surface area contributed by atoms with Crippen molar-refractivity contribution >= 4 is 49.9 Å². The van der Waals surface area contributed by atoms with Gasteiger partial charge >= 0.3 is 0 Å². The molecular formula is C19H13Cl2N3O2S. The van der Waals surface area contributed by atoms with Crippen LogP contribution in [0.2, 0.25) is 10.0 Å². The van der Waals surface area contributed by atoms with E-state index in [0.29, 0.717) is 32.6 Å². The minimum atomic E-state index is -3.79. The van der Waals surface area contributed by atoms with Gasteiger partial charge in [0.15, 0.2) is 0 Å². The second kappa shape index (κ2) is 6.88. The summed E-state index contributed by atoms with van der Waals surface area (Å²) in [5.41, 5.74) is 2.46. The molecule has 4 rings (SSSR count). The summed E-state index contributed by atoms with van der Waals surface area (Å²) < 4.78 is 27.9. The van der Waals surface area contributed by atoms with Crippen LogP contribution in [0.25, 0.3) is 22.4 Å². The first-order chi connectivity index (χ1) is 12.9. The maximum Gasteiger partial charge on any atom is 0.262 e. The van der Waals surface area contributed by atoms with Gasteiger partial charge in [-0.15, -0.1) is 0 Å². The molecule has 8 heteroatoms. The number of H-pyrrole nitrogens is 1. The normalized spacial score (nSPS) is 11.6. The van der Waals surface area contributed by atoms with Crippen molar-refractivity contribution in [3.63, 3.8) is 0 Å². The van der Waals surface area contributed by atoms with Crippen LogP contribution in [0.1, 0.15) is 0 Å². The third-order valence-corrected chi connectivity index (χ3v) is 5.94. The maximum absolute atomic E-state index is 12.7. The van der Waals surface area contributed by atoms with Crippen molar-refractivity contribution in [2.75, 3.05) is 4.72 Å².